The SMILES string of the molecule is CCOC(=O)[C@@H](N)Cc1ccc(O)cc1.O=C(O)CC(=O)O. The Morgan fingerprint density at radius 1 is 1.14 bits per heavy atom. The van der Waals surface area contributed by atoms with E-state index in [1.807, 2.05) is 0 Å². The first-order chi connectivity index (χ1) is 10.3. The highest BCUT2D eigenvalue weighted by Gasteiger charge is 2.14. The zero-order chi connectivity index (χ0) is 17.1. The van der Waals surface area contributed by atoms with E-state index >= 15 is 0 Å². The number of benzene rings is 1. The minimum atomic E-state index is -1.31. The van der Waals surface area contributed by atoms with Gasteiger partial charge < -0.3 is 25.8 Å². The summed E-state index contributed by atoms with van der Waals surface area (Å²) in [6.45, 7) is 2.08. The van der Waals surface area contributed by atoms with Crippen molar-refractivity contribution in [2.24, 2.45) is 5.73 Å². The smallest absolute Gasteiger partial charge is 0.323 e. The number of phenolic OH excluding ortho intramolecular Hbond substituents is 1. The number of hydrogen-bond acceptors (Lipinski definition) is 6. The van der Waals surface area contributed by atoms with E-state index in [0.29, 0.717) is 13.0 Å². The molecule has 0 saturated carbocycles. The quantitative estimate of drug-likeness (QED) is 0.435. The number of carbonyl (C=O) groups excluding carboxylic acids is 1. The number of carboxylic acid groups (broad SMARTS) is 2. The Bertz CT molecular complexity index is 486. The Kier molecular flexibility index (Phi) is 8.96. The molecular weight excluding hydrogens is 294 g/mol. The number of hydrogen-bond donors (Lipinski definition) is 4. The number of aliphatic carboxylic acids is 2. The molecule has 0 amide bonds. The Morgan fingerprint density at radius 3 is 2.00 bits per heavy atom. The molecular formula is C14H19NO7. The average Bonchev–Trinajstić information content (AvgIpc) is 2.40. The monoisotopic (exact) mass is 313 g/mol. The number of carboxylic acids is 2. The van der Waals surface area contributed by atoms with Crippen molar-refractivity contribution in [3.8, 4) is 5.75 Å². The maximum Gasteiger partial charge on any atom is 0.323 e. The molecule has 0 unspecified atom stereocenters. The van der Waals surface area contributed by atoms with E-state index in [1.165, 1.54) is 0 Å². The average molecular weight is 313 g/mol. The molecule has 0 fully saturated rings. The van der Waals surface area contributed by atoms with Gasteiger partial charge in [0.15, 0.2) is 0 Å². The molecule has 0 radical (unpaired) electrons. The van der Waals surface area contributed by atoms with Crippen molar-refractivity contribution < 1.29 is 34.4 Å². The second kappa shape index (κ2) is 10.2. The van der Waals surface area contributed by atoms with Gasteiger partial charge in [-0.25, -0.2) is 0 Å². The van der Waals surface area contributed by atoms with E-state index < -0.39 is 30.4 Å². The topological polar surface area (TPSA) is 147 Å². The van der Waals surface area contributed by atoms with E-state index in [2.05, 4.69) is 0 Å². The Balaban J connectivity index is 0.000000534. The van der Waals surface area contributed by atoms with Crippen molar-refractivity contribution in [2.75, 3.05) is 6.61 Å². The van der Waals surface area contributed by atoms with Crippen LogP contribution in [0.15, 0.2) is 24.3 Å². The number of rotatable bonds is 6. The summed E-state index contributed by atoms with van der Waals surface area (Å²) < 4.78 is 4.79. The molecule has 0 aliphatic heterocycles. The molecule has 0 saturated heterocycles. The molecule has 1 aromatic rings. The van der Waals surface area contributed by atoms with Crippen LogP contribution in [-0.4, -0.2) is 45.9 Å². The second-order valence-electron chi connectivity index (χ2n) is 4.19. The zero-order valence-corrected chi connectivity index (χ0v) is 12.1. The number of esters is 1. The third-order valence-electron chi connectivity index (χ3n) is 2.28. The minimum absolute atomic E-state index is 0.198. The molecule has 122 valence electrons. The number of aromatic hydroxyl groups is 1. The second-order valence-corrected chi connectivity index (χ2v) is 4.19. The number of phenols is 1. The van der Waals surface area contributed by atoms with Crippen LogP contribution >= 0.6 is 0 Å². The lowest BCUT2D eigenvalue weighted by Crippen LogP contribution is -2.34. The summed E-state index contributed by atoms with van der Waals surface area (Å²) in [5.41, 5.74) is 6.53. The van der Waals surface area contributed by atoms with Gasteiger partial charge >= 0.3 is 17.9 Å². The summed E-state index contributed by atoms with van der Waals surface area (Å²) in [7, 11) is 0. The maximum atomic E-state index is 11.2. The largest absolute Gasteiger partial charge is 0.508 e. The summed E-state index contributed by atoms with van der Waals surface area (Å²) in [4.78, 5) is 30.1. The lowest BCUT2D eigenvalue weighted by molar-refractivity contribution is -0.147. The van der Waals surface area contributed by atoms with E-state index in [1.54, 1.807) is 31.2 Å². The molecule has 1 atom stereocenters. The van der Waals surface area contributed by atoms with Crippen molar-refractivity contribution in [3.63, 3.8) is 0 Å². The maximum absolute atomic E-state index is 11.2. The Hall–Kier alpha value is -2.61. The van der Waals surface area contributed by atoms with Crippen molar-refractivity contribution >= 4 is 17.9 Å². The van der Waals surface area contributed by atoms with Gasteiger partial charge in [0.1, 0.15) is 18.2 Å². The molecule has 8 nitrogen and oxygen atoms in total. The molecule has 0 spiro atoms. The molecule has 1 aromatic carbocycles. The predicted molar refractivity (Wildman–Crippen MR) is 76.3 cm³/mol. The first kappa shape index (κ1) is 19.4. The standard InChI is InChI=1S/C11H15NO3.C3H4O4/c1-2-15-11(14)10(12)7-8-3-5-9(13)6-4-8;4-2(5)1-3(6)7/h3-6,10,13H,2,7,12H2,1H3;1H2,(H,4,5)(H,6,7)/t10-;/m0./s1. The van der Waals surface area contributed by atoms with Crippen LogP contribution < -0.4 is 5.73 Å². The van der Waals surface area contributed by atoms with Gasteiger partial charge in [0.05, 0.1) is 6.61 Å². The number of nitrogens with two attached hydrogens (primary N) is 1. The summed E-state index contributed by atoms with van der Waals surface area (Å²) in [6.07, 6.45) is -0.390. The molecule has 0 aliphatic carbocycles. The third kappa shape index (κ3) is 9.32. The van der Waals surface area contributed by atoms with E-state index in [9.17, 15) is 14.4 Å². The first-order valence-electron chi connectivity index (χ1n) is 6.40. The third-order valence-corrected chi connectivity index (χ3v) is 2.28. The lowest BCUT2D eigenvalue weighted by atomic mass is 10.1. The van der Waals surface area contributed by atoms with E-state index in [0.717, 1.165) is 5.56 Å². The summed E-state index contributed by atoms with van der Waals surface area (Å²) in [6, 6.07) is 5.94. The van der Waals surface area contributed by atoms with Gasteiger partial charge in [-0.15, -0.1) is 0 Å². The number of carbonyl (C=O) groups is 3. The summed E-state index contributed by atoms with van der Waals surface area (Å²) >= 11 is 0. The molecule has 5 N–H and O–H groups in total. The van der Waals surface area contributed by atoms with Crippen LogP contribution in [0.3, 0.4) is 0 Å². The van der Waals surface area contributed by atoms with Crippen molar-refractivity contribution in [3.05, 3.63) is 29.8 Å². The molecule has 0 heterocycles. The fourth-order valence-corrected chi connectivity index (χ4v) is 1.35. The molecule has 0 aromatic heterocycles. The van der Waals surface area contributed by atoms with Crippen LogP contribution in [0.4, 0.5) is 0 Å². The van der Waals surface area contributed by atoms with Gasteiger partial charge in [-0.2, -0.15) is 0 Å². The number of ether oxygens (including phenoxy) is 1. The van der Waals surface area contributed by atoms with Crippen LogP contribution in [0.2, 0.25) is 0 Å². The fourth-order valence-electron chi connectivity index (χ4n) is 1.35. The van der Waals surface area contributed by atoms with Crippen molar-refractivity contribution in [1.82, 2.24) is 0 Å². The van der Waals surface area contributed by atoms with Crippen molar-refractivity contribution in [1.29, 1.82) is 0 Å². The van der Waals surface area contributed by atoms with Crippen LogP contribution in [0.5, 0.6) is 5.75 Å². The van der Waals surface area contributed by atoms with Crippen LogP contribution in [0.25, 0.3) is 0 Å². The summed E-state index contributed by atoms with van der Waals surface area (Å²) in [5.74, 6) is -2.82. The normalized spacial score (nSPS) is 10.8. The highest BCUT2D eigenvalue weighted by Crippen LogP contribution is 2.11. The van der Waals surface area contributed by atoms with Gasteiger partial charge in [0.2, 0.25) is 0 Å². The summed E-state index contributed by atoms with van der Waals surface area (Å²) in [5, 5.41) is 24.5. The van der Waals surface area contributed by atoms with Gasteiger partial charge in [-0.1, -0.05) is 12.1 Å². The highest BCUT2D eigenvalue weighted by atomic mass is 16.5. The molecule has 0 bridgehead atoms. The zero-order valence-electron chi connectivity index (χ0n) is 12.1. The van der Waals surface area contributed by atoms with E-state index in [-0.39, 0.29) is 5.75 Å². The van der Waals surface area contributed by atoms with Crippen molar-refractivity contribution in [2.45, 2.75) is 25.8 Å². The molecule has 0 aliphatic rings. The van der Waals surface area contributed by atoms with Gasteiger partial charge in [0, 0.05) is 0 Å². The first-order valence-corrected chi connectivity index (χ1v) is 6.40. The van der Waals surface area contributed by atoms with Crippen LogP contribution in [0.1, 0.15) is 18.9 Å². The van der Waals surface area contributed by atoms with Gasteiger partial charge in [-0.3, -0.25) is 14.4 Å². The van der Waals surface area contributed by atoms with E-state index in [4.69, 9.17) is 25.8 Å². The lowest BCUT2D eigenvalue weighted by Gasteiger charge is -2.10. The predicted octanol–water partition coefficient (Wildman–Crippen LogP) is 0.371. The van der Waals surface area contributed by atoms with Crippen LogP contribution in [0, 0.1) is 0 Å². The van der Waals surface area contributed by atoms with Gasteiger partial charge in [0.25, 0.3) is 0 Å². The van der Waals surface area contributed by atoms with Gasteiger partial charge in [-0.05, 0) is 31.0 Å². The van der Waals surface area contributed by atoms with Crippen LogP contribution in [-0.2, 0) is 25.5 Å². The highest BCUT2D eigenvalue weighted by molar-refractivity contribution is 5.88. The molecule has 8 heteroatoms. The molecule has 22 heavy (non-hydrogen) atoms. The Labute approximate surface area is 127 Å². The molecule has 1 rings (SSSR count). The minimum Gasteiger partial charge on any atom is -0.508 e. The Morgan fingerprint density at radius 2 is 1.64 bits per heavy atom. The fraction of sp³-hybridized carbons (Fsp3) is 0.357.